The molecule has 0 spiro atoms. The van der Waals surface area contributed by atoms with Crippen LogP contribution in [-0.2, 0) is 0 Å². The van der Waals surface area contributed by atoms with Crippen molar-refractivity contribution in [1.29, 1.82) is 0 Å². The minimum atomic E-state index is -0.544. The highest BCUT2D eigenvalue weighted by Crippen LogP contribution is 2.35. The van der Waals surface area contributed by atoms with Crippen LogP contribution in [0.2, 0.25) is 5.02 Å². The van der Waals surface area contributed by atoms with Crippen LogP contribution in [0.3, 0.4) is 0 Å². The first-order valence-corrected chi connectivity index (χ1v) is 7.58. The lowest BCUT2D eigenvalue weighted by atomic mass is 9.99. The van der Waals surface area contributed by atoms with E-state index in [-0.39, 0.29) is 15.2 Å². The summed E-state index contributed by atoms with van der Waals surface area (Å²) in [7, 11) is 0. The molecule has 2 aromatic carbocycles. The van der Waals surface area contributed by atoms with E-state index in [2.05, 4.69) is 15.9 Å². The second-order valence-electron chi connectivity index (χ2n) is 4.07. The van der Waals surface area contributed by atoms with E-state index in [1.165, 1.54) is 12.1 Å². The van der Waals surface area contributed by atoms with Gasteiger partial charge >= 0.3 is 0 Å². The molecule has 0 saturated carbocycles. The molecule has 0 unspecified atom stereocenters. The van der Waals surface area contributed by atoms with E-state index in [4.69, 9.17) is 34.8 Å². The van der Waals surface area contributed by atoms with Gasteiger partial charge in [-0.25, -0.2) is 0 Å². The molecule has 0 aliphatic rings. The number of rotatable bonds is 3. The Morgan fingerprint density at radius 3 is 2.10 bits per heavy atom. The fourth-order valence-electron chi connectivity index (χ4n) is 1.81. The summed E-state index contributed by atoms with van der Waals surface area (Å²) in [5.41, 5.74) is 1.78. The van der Waals surface area contributed by atoms with E-state index in [0.717, 1.165) is 10.0 Å². The largest absolute Gasteiger partial charge is 0.287 e. The lowest BCUT2D eigenvalue weighted by molar-refractivity contribution is -0.384. The second-order valence-corrected chi connectivity index (χ2v) is 6.34. The summed E-state index contributed by atoms with van der Waals surface area (Å²) in [5.74, 6) is 0. The van der Waals surface area contributed by atoms with Gasteiger partial charge in [-0.1, -0.05) is 62.9 Å². The van der Waals surface area contributed by atoms with Crippen molar-refractivity contribution in [2.75, 3.05) is 0 Å². The molecule has 2 rings (SSSR count). The average molecular weight is 407 g/mol. The maximum atomic E-state index is 10.8. The van der Waals surface area contributed by atoms with Crippen molar-refractivity contribution in [3.63, 3.8) is 0 Å². The van der Waals surface area contributed by atoms with Gasteiger partial charge in [0.2, 0.25) is 0 Å². The first-order valence-electron chi connectivity index (χ1n) is 5.65. The Balaban J connectivity index is 2.55. The van der Waals surface area contributed by atoms with E-state index >= 15 is 0 Å². The van der Waals surface area contributed by atoms with Crippen molar-refractivity contribution >= 4 is 62.0 Å². The predicted molar refractivity (Wildman–Crippen MR) is 90.0 cm³/mol. The molecule has 0 N–H and O–H groups in total. The Hall–Kier alpha value is -1.07. The van der Waals surface area contributed by atoms with Crippen LogP contribution >= 0.6 is 50.7 Å². The average Bonchev–Trinajstić information content (AvgIpc) is 2.40. The van der Waals surface area contributed by atoms with Crippen LogP contribution in [0.4, 0.5) is 5.69 Å². The third-order valence-corrected chi connectivity index (χ3v) is 3.96. The number of nitrogens with zero attached hydrogens (tertiary/aromatic N) is 1. The molecule has 2 aromatic rings. The lowest BCUT2D eigenvalue weighted by Gasteiger charge is -2.09. The Labute approximate surface area is 144 Å². The van der Waals surface area contributed by atoms with Crippen LogP contribution in [0.5, 0.6) is 0 Å². The molecule has 0 heterocycles. The van der Waals surface area contributed by atoms with Crippen molar-refractivity contribution in [2.24, 2.45) is 0 Å². The smallest absolute Gasteiger partial charge is 0.258 e. The van der Waals surface area contributed by atoms with Gasteiger partial charge in [0.25, 0.3) is 5.69 Å². The quantitative estimate of drug-likeness (QED) is 0.449. The molecule has 108 valence electrons. The van der Waals surface area contributed by atoms with E-state index in [1.807, 2.05) is 24.3 Å². The zero-order valence-electron chi connectivity index (χ0n) is 10.3. The third kappa shape index (κ3) is 3.77. The van der Waals surface area contributed by atoms with E-state index < -0.39 is 4.92 Å². The molecule has 7 heteroatoms. The maximum absolute atomic E-state index is 10.8. The SMILES string of the molecule is O=[N+]([O-])c1ccc(C(=C(Cl)Cl)c2ccc(Br)cc2)cc1Cl. The molecule has 0 amide bonds. The second kappa shape index (κ2) is 6.79. The normalized spacial score (nSPS) is 10.3. The fourth-order valence-corrected chi connectivity index (χ4v) is 2.76. The van der Waals surface area contributed by atoms with Crippen molar-refractivity contribution in [3.8, 4) is 0 Å². The summed E-state index contributed by atoms with van der Waals surface area (Å²) in [6, 6.07) is 11.7. The highest BCUT2D eigenvalue weighted by Gasteiger charge is 2.16. The molecule has 0 radical (unpaired) electrons. The molecule has 0 saturated heterocycles. The zero-order valence-corrected chi connectivity index (χ0v) is 14.2. The number of hydrogen-bond donors (Lipinski definition) is 0. The number of nitro benzene ring substituents is 1. The Morgan fingerprint density at radius 1 is 1.05 bits per heavy atom. The van der Waals surface area contributed by atoms with Gasteiger partial charge < -0.3 is 0 Å². The first kappa shape index (κ1) is 16.3. The van der Waals surface area contributed by atoms with Gasteiger partial charge in [-0.3, -0.25) is 10.1 Å². The summed E-state index contributed by atoms with van der Waals surface area (Å²) in [4.78, 5) is 10.3. The standard InChI is InChI=1S/C14H7BrCl3NO2/c15-10-4-1-8(2-5-10)13(14(17)18)9-3-6-12(19(20)21)11(16)7-9/h1-7H. The summed E-state index contributed by atoms with van der Waals surface area (Å²) in [5, 5.41) is 10.8. The molecule has 3 nitrogen and oxygen atoms in total. The Bertz CT molecular complexity index is 725. The van der Waals surface area contributed by atoms with Gasteiger partial charge in [-0.2, -0.15) is 0 Å². The van der Waals surface area contributed by atoms with Crippen LogP contribution in [0.1, 0.15) is 11.1 Å². The molecule has 0 aliphatic heterocycles. The molecular formula is C14H7BrCl3NO2. The minimum absolute atomic E-state index is 0.0293. The van der Waals surface area contributed by atoms with Crippen LogP contribution < -0.4 is 0 Å². The molecule has 0 aliphatic carbocycles. The maximum Gasteiger partial charge on any atom is 0.287 e. The molecule has 0 fully saturated rings. The Morgan fingerprint density at radius 2 is 1.62 bits per heavy atom. The highest BCUT2D eigenvalue weighted by atomic mass is 79.9. The molecule has 0 atom stereocenters. The number of halogens is 4. The zero-order chi connectivity index (χ0) is 15.6. The monoisotopic (exact) mass is 405 g/mol. The van der Waals surface area contributed by atoms with E-state index in [9.17, 15) is 10.1 Å². The van der Waals surface area contributed by atoms with Crippen LogP contribution in [0.25, 0.3) is 5.57 Å². The van der Waals surface area contributed by atoms with Crippen LogP contribution in [-0.4, -0.2) is 4.92 Å². The molecular weight excluding hydrogens is 400 g/mol. The summed E-state index contributed by atoms with van der Waals surface area (Å²) >= 11 is 21.2. The highest BCUT2D eigenvalue weighted by molar-refractivity contribution is 9.10. The molecule has 0 aromatic heterocycles. The van der Waals surface area contributed by atoms with Crippen molar-refractivity contribution < 1.29 is 4.92 Å². The number of nitro groups is 1. The lowest BCUT2D eigenvalue weighted by Crippen LogP contribution is -1.93. The van der Waals surface area contributed by atoms with Crippen molar-refractivity contribution in [3.05, 3.63) is 77.7 Å². The summed E-state index contributed by atoms with van der Waals surface area (Å²) < 4.78 is 0.972. The minimum Gasteiger partial charge on any atom is -0.258 e. The molecule has 0 bridgehead atoms. The molecule has 21 heavy (non-hydrogen) atoms. The van der Waals surface area contributed by atoms with Gasteiger partial charge in [0.05, 0.1) is 4.92 Å². The van der Waals surface area contributed by atoms with Crippen molar-refractivity contribution in [1.82, 2.24) is 0 Å². The van der Waals surface area contributed by atoms with Crippen molar-refractivity contribution in [2.45, 2.75) is 0 Å². The third-order valence-electron chi connectivity index (χ3n) is 2.75. The topological polar surface area (TPSA) is 43.1 Å². The van der Waals surface area contributed by atoms with E-state index in [1.54, 1.807) is 6.07 Å². The number of hydrogen-bond acceptors (Lipinski definition) is 2. The number of benzene rings is 2. The van der Waals surface area contributed by atoms with Gasteiger partial charge in [0.15, 0.2) is 0 Å². The predicted octanol–water partition coefficient (Wildman–Crippen LogP) is 6.21. The fraction of sp³-hybridized carbons (Fsp3) is 0. The van der Waals surface area contributed by atoms with Gasteiger partial charge in [0.1, 0.15) is 9.51 Å². The van der Waals surface area contributed by atoms with Crippen LogP contribution in [0, 0.1) is 10.1 Å². The Kier molecular flexibility index (Phi) is 5.27. The van der Waals surface area contributed by atoms with E-state index in [0.29, 0.717) is 11.1 Å². The first-order chi connectivity index (χ1) is 9.90. The van der Waals surface area contributed by atoms with Gasteiger partial charge in [0, 0.05) is 16.1 Å². The van der Waals surface area contributed by atoms with Gasteiger partial charge in [-0.05, 0) is 35.4 Å². The van der Waals surface area contributed by atoms with Crippen LogP contribution in [0.15, 0.2) is 51.4 Å². The summed E-state index contributed by atoms with van der Waals surface area (Å²) in [6.45, 7) is 0. The summed E-state index contributed by atoms with van der Waals surface area (Å²) in [6.07, 6.45) is 0. The van der Waals surface area contributed by atoms with Gasteiger partial charge in [-0.15, -0.1) is 0 Å².